The van der Waals surface area contributed by atoms with Gasteiger partial charge in [-0.1, -0.05) is 19.3 Å². The number of ether oxygens (including phenoxy) is 3. The second-order valence-corrected chi connectivity index (χ2v) is 8.27. The predicted octanol–water partition coefficient (Wildman–Crippen LogP) is 4.47. The SMILES string of the molecule is CC(C)Oc1cc(C2=CC3(CCOC3)ON2)ccc1OCC1CCCCC1. The lowest BCUT2D eigenvalue weighted by Crippen LogP contribution is -2.29. The van der Waals surface area contributed by atoms with Crippen molar-refractivity contribution < 1.29 is 19.0 Å². The fourth-order valence-corrected chi connectivity index (χ4v) is 4.08. The third kappa shape index (κ3) is 4.41. The van der Waals surface area contributed by atoms with Crippen LogP contribution in [0.2, 0.25) is 0 Å². The summed E-state index contributed by atoms with van der Waals surface area (Å²) in [6.07, 6.45) is 9.67. The van der Waals surface area contributed by atoms with Crippen LogP contribution in [0.15, 0.2) is 24.3 Å². The van der Waals surface area contributed by atoms with Crippen molar-refractivity contribution >= 4 is 5.70 Å². The average Bonchev–Trinajstić information content (AvgIpc) is 3.31. The summed E-state index contributed by atoms with van der Waals surface area (Å²) >= 11 is 0. The molecule has 2 heterocycles. The first-order chi connectivity index (χ1) is 13.1. The fraction of sp³-hybridized carbons (Fsp3) is 0.636. The van der Waals surface area contributed by atoms with Crippen molar-refractivity contribution in [3.05, 3.63) is 29.8 Å². The van der Waals surface area contributed by atoms with E-state index in [1.807, 2.05) is 26.0 Å². The Morgan fingerprint density at radius 1 is 1.19 bits per heavy atom. The molecule has 1 saturated heterocycles. The van der Waals surface area contributed by atoms with Crippen molar-refractivity contribution in [3.63, 3.8) is 0 Å². The molecule has 2 aliphatic heterocycles. The van der Waals surface area contributed by atoms with Gasteiger partial charge in [0, 0.05) is 18.6 Å². The first kappa shape index (κ1) is 18.6. The summed E-state index contributed by atoms with van der Waals surface area (Å²) in [6, 6.07) is 6.14. The van der Waals surface area contributed by atoms with Crippen molar-refractivity contribution in [3.8, 4) is 11.5 Å². The number of rotatable bonds is 6. The van der Waals surface area contributed by atoms with Crippen LogP contribution in [-0.2, 0) is 9.57 Å². The molecule has 0 amide bonds. The molecule has 5 heteroatoms. The standard InChI is InChI=1S/C22H31NO4/c1-16(2)26-21-12-18(19-13-22(27-23-19)10-11-24-15-22)8-9-20(21)25-14-17-6-4-3-5-7-17/h8-9,12-13,16-17,23H,3-7,10-11,14-15H2,1-2H3. The summed E-state index contributed by atoms with van der Waals surface area (Å²) < 4.78 is 17.7. The maximum atomic E-state index is 6.17. The second kappa shape index (κ2) is 8.11. The lowest BCUT2D eigenvalue weighted by Gasteiger charge is -2.23. The highest BCUT2D eigenvalue weighted by Gasteiger charge is 2.39. The average molecular weight is 373 g/mol. The fourth-order valence-electron chi connectivity index (χ4n) is 4.08. The Balaban J connectivity index is 1.50. The van der Waals surface area contributed by atoms with E-state index in [0.29, 0.717) is 12.5 Å². The Hall–Kier alpha value is -1.72. The van der Waals surface area contributed by atoms with Gasteiger partial charge in [0.1, 0.15) is 5.60 Å². The van der Waals surface area contributed by atoms with Crippen LogP contribution >= 0.6 is 0 Å². The molecule has 1 atom stereocenters. The minimum absolute atomic E-state index is 0.0913. The zero-order valence-corrected chi connectivity index (χ0v) is 16.5. The van der Waals surface area contributed by atoms with E-state index in [1.54, 1.807) is 0 Å². The van der Waals surface area contributed by atoms with Gasteiger partial charge in [-0.05, 0) is 56.9 Å². The van der Waals surface area contributed by atoms with Crippen molar-refractivity contribution in [1.29, 1.82) is 0 Å². The van der Waals surface area contributed by atoms with Crippen LogP contribution in [0.5, 0.6) is 11.5 Å². The largest absolute Gasteiger partial charge is 0.489 e. The minimum Gasteiger partial charge on any atom is -0.489 e. The molecule has 1 saturated carbocycles. The molecule has 1 aliphatic carbocycles. The molecule has 4 rings (SSSR count). The normalized spacial score (nSPS) is 25.7. The summed E-state index contributed by atoms with van der Waals surface area (Å²) in [5.41, 5.74) is 4.75. The molecule has 148 valence electrons. The van der Waals surface area contributed by atoms with E-state index in [9.17, 15) is 0 Å². The Bertz CT molecular complexity index is 673. The molecule has 27 heavy (non-hydrogen) atoms. The van der Waals surface area contributed by atoms with Crippen LogP contribution in [0, 0.1) is 5.92 Å². The lowest BCUT2D eigenvalue weighted by molar-refractivity contribution is -0.0373. The number of nitrogens with one attached hydrogen (secondary N) is 1. The number of hydrogen-bond donors (Lipinski definition) is 1. The molecule has 0 aromatic heterocycles. The van der Waals surface area contributed by atoms with Gasteiger partial charge in [0.2, 0.25) is 0 Å². The van der Waals surface area contributed by atoms with Gasteiger partial charge in [-0.2, -0.15) is 0 Å². The molecule has 1 N–H and O–H groups in total. The van der Waals surface area contributed by atoms with Gasteiger partial charge in [-0.25, -0.2) is 0 Å². The van der Waals surface area contributed by atoms with Crippen LogP contribution < -0.4 is 15.0 Å². The summed E-state index contributed by atoms with van der Waals surface area (Å²) in [5, 5.41) is 0. The highest BCUT2D eigenvalue weighted by molar-refractivity contribution is 5.68. The first-order valence-corrected chi connectivity index (χ1v) is 10.3. The van der Waals surface area contributed by atoms with E-state index < -0.39 is 0 Å². The Kier molecular flexibility index (Phi) is 5.60. The van der Waals surface area contributed by atoms with Crippen LogP contribution in [0.25, 0.3) is 5.70 Å². The second-order valence-electron chi connectivity index (χ2n) is 8.27. The topological polar surface area (TPSA) is 49.0 Å². The third-order valence-corrected chi connectivity index (χ3v) is 5.60. The Morgan fingerprint density at radius 2 is 2.04 bits per heavy atom. The Morgan fingerprint density at radius 3 is 2.78 bits per heavy atom. The highest BCUT2D eigenvalue weighted by Crippen LogP contribution is 2.37. The third-order valence-electron chi connectivity index (χ3n) is 5.60. The molecule has 1 spiro atoms. The molecule has 1 aromatic rings. The first-order valence-electron chi connectivity index (χ1n) is 10.3. The van der Waals surface area contributed by atoms with Gasteiger partial charge in [0.15, 0.2) is 11.5 Å². The van der Waals surface area contributed by atoms with Gasteiger partial charge in [-0.3, -0.25) is 10.3 Å². The van der Waals surface area contributed by atoms with Gasteiger partial charge in [0.25, 0.3) is 0 Å². The smallest absolute Gasteiger partial charge is 0.162 e. The summed E-state index contributed by atoms with van der Waals surface area (Å²) in [5.74, 6) is 2.29. The molecule has 0 bridgehead atoms. The van der Waals surface area contributed by atoms with Gasteiger partial charge in [0.05, 0.1) is 25.0 Å². The van der Waals surface area contributed by atoms with Crippen LogP contribution in [0.1, 0.15) is 57.9 Å². The zero-order chi connectivity index (χ0) is 18.7. The number of hydrogen-bond acceptors (Lipinski definition) is 5. The quantitative estimate of drug-likeness (QED) is 0.797. The molecule has 2 fully saturated rings. The number of benzene rings is 1. The Labute approximate surface area is 162 Å². The van der Waals surface area contributed by atoms with Gasteiger partial charge in [-0.15, -0.1) is 0 Å². The van der Waals surface area contributed by atoms with Crippen molar-refractivity contribution in [2.24, 2.45) is 5.92 Å². The van der Waals surface area contributed by atoms with Gasteiger partial charge >= 0.3 is 0 Å². The summed E-state index contributed by atoms with van der Waals surface area (Å²) in [6.45, 7) is 6.19. The maximum absolute atomic E-state index is 6.17. The van der Waals surface area contributed by atoms with E-state index in [0.717, 1.165) is 42.4 Å². The van der Waals surface area contributed by atoms with Crippen LogP contribution in [-0.4, -0.2) is 31.5 Å². The lowest BCUT2D eigenvalue weighted by atomic mass is 9.90. The molecular formula is C22H31NO4. The van der Waals surface area contributed by atoms with Crippen LogP contribution in [0.4, 0.5) is 0 Å². The van der Waals surface area contributed by atoms with E-state index >= 15 is 0 Å². The minimum atomic E-state index is -0.329. The van der Waals surface area contributed by atoms with Crippen molar-refractivity contribution in [2.75, 3.05) is 19.8 Å². The van der Waals surface area contributed by atoms with E-state index in [2.05, 4.69) is 17.6 Å². The molecule has 0 radical (unpaired) electrons. The monoisotopic (exact) mass is 373 g/mol. The van der Waals surface area contributed by atoms with Crippen molar-refractivity contribution in [2.45, 2.75) is 64.1 Å². The van der Waals surface area contributed by atoms with E-state index in [-0.39, 0.29) is 11.7 Å². The molecular weight excluding hydrogens is 342 g/mol. The van der Waals surface area contributed by atoms with Crippen molar-refractivity contribution in [1.82, 2.24) is 5.48 Å². The van der Waals surface area contributed by atoms with Gasteiger partial charge < -0.3 is 14.2 Å². The van der Waals surface area contributed by atoms with E-state index in [1.165, 1.54) is 32.1 Å². The van der Waals surface area contributed by atoms with E-state index in [4.69, 9.17) is 19.0 Å². The summed E-state index contributed by atoms with van der Waals surface area (Å²) in [4.78, 5) is 5.81. The maximum Gasteiger partial charge on any atom is 0.162 e. The molecule has 3 aliphatic rings. The number of hydroxylamine groups is 1. The summed E-state index contributed by atoms with van der Waals surface area (Å²) in [7, 11) is 0. The molecule has 1 unspecified atom stereocenters. The highest BCUT2D eigenvalue weighted by atomic mass is 16.7. The zero-order valence-electron chi connectivity index (χ0n) is 16.5. The molecule has 1 aromatic carbocycles. The predicted molar refractivity (Wildman–Crippen MR) is 105 cm³/mol. The molecule has 5 nitrogen and oxygen atoms in total. The van der Waals surface area contributed by atoms with Crippen LogP contribution in [0.3, 0.4) is 0 Å².